The number of aryl methyl sites for hydroxylation is 1. The van der Waals surface area contributed by atoms with Gasteiger partial charge in [-0.1, -0.05) is 13.8 Å². The molecule has 0 radical (unpaired) electrons. The Morgan fingerprint density at radius 1 is 1.04 bits per heavy atom. The highest BCUT2D eigenvalue weighted by Crippen LogP contribution is 2.31. The van der Waals surface area contributed by atoms with E-state index in [1.807, 2.05) is 32.9 Å². The summed E-state index contributed by atoms with van der Waals surface area (Å²) in [5.74, 6) is 1.16. The largest absolute Gasteiger partial charge is 0.491 e. The molecule has 23 heavy (non-hydrogen) atoms. The van der Waals surface area contributed by atoms with Crippen LogP contribution in [-0.2, 0) is 0 Å². The third kappa shape index (κ3) is 3.92. The van der Waals surface area contributed by atoms with Crippen molar-refractivity contribution < 1.29 is 9.53 Å². The number of carbonyl (C=O) groups is 1. The van der Waals surface area contributed by atoms with Gasteiger partial charge in [0.1, 0.15) is 5.75 Å². The SMILES string of the molecule is Cc1cc(OC(C)C)c(C(C)C)cc1C(=O)c1ccc(N)cc1. The van der Waals surface area contributed by atoms with Crippen molar-refractivity contribution in [1.29, 1.82) is 0 Å². The Balaban J connectivity index is 2.48. The number of ether oxygens (including phenoxy) is 1. The van der Waals surface area contributed by atoms with Crippen LogP contribution in [0, 0.1) is 6.92 Å². The van der Waals surface area contributed by atoms with Crippen LogP contribution in [0.1, 0.15) is 60.7 Å². The number of hydrogen-bond donors (Lipinski definition) is 1. The van der Waals surface area contributed by atoms with Crippen LogP contribution < -0.4 is 10.5 Å². The van der Waals surface area contributed by atoms with Crippen LogP contribution in [0.3, 0.4) is 0 Å². The van der Waals surface area contributed by atoms with Gasteiger partial charge in [-0.2, -0.15) is 0 Å². The third-order valence-corrected chi connectivity index (χ3v) is 3.76. The van der Waals surface area contributed by atoms with Gasteiger partial charge in [-0.15, -0.1) is 0 Å². The normalized spacial score (nSPS) is 11.1. The molecule has 2 N–H and O–H groups in total. The van der Waals surface area contributed by atoms with Crippen molar-refractivity contribution in [3.63, 3.8) is 0 Å². The van der Waals surface area contributed by atoms with Gasteiger partial charge < -0.3 is 10.5 Å². The van der Waals surface area contributed by atoms with E-state index in [4.69, 9.17) is 10.5 Å². The van der Waals surface area contributed by atoms with Gasteiger partial charge in [-0.25, -0.2) is 0 Å². The Morgan fingerprint density at radius 3 is 2.17 bits per heavy atom. The summed E-state index contributed by atoms with van der Waals surface area (Å²) in [5.41, 5.74) is 9.70. The number of nitrogens with two attached hydrogens (primary N) is 1. The van der Waals surface area contributed by atoms with Crippen molar-refractivity contribution in [3.8, 4) is 5.75 Å². The summed E-state index contributed by atoms with van der Waals surface area (Å²) in [6.45, 7) is 10.2. The molecule has 2 rings (SSSR count). The maximum absolute atomic E-state index is 12.8. The monoisotopic (exact) mass is 311 g/mol. The van der Waals surface area contributed by atoms with Gasteiger partial charge in [0, 0.05) is 16.8 Å². The molecule has 0 saturated heterocycles. The molecule has 0 saturated carbocycles. The van der Waals surface area contributed by atoms with Crippen molar-refractivity contribution in [3.05, 3.63) is 58.7 Å². The molecule has 0 aliphatic rings. The Morgan fingerprint density at radius 2 is 1.65 bits per heavy atom. The zero-order valence-corrected chi connectivity index (χ0v) is 14.5. The van der Waals surface area contributed by atoms with Crippen LogP contribution in [-0.4, -0.2) is 11.9 Å². The number of hydrogen-bond acceptors (Lipinski definition) is 3. The van der Waals surface area contributed by atoms with E-state index in [2.05, 4.69) is 13.8 Å². The minimum Gasteiger partial charge on any atom is -0.491 e. The number of nitrogen functional groups attached to an aromatic ring is 1. The van der Waals surface area contributed by atoms with Crippen LogP contribution in [0.15, 0.2) is 36.4 Å². The molecule has 0 amide bonds. The first-order valence-electron chi connectivity index (χ1n) is 8.01. The van der Waals surface area contributed by atoms with Crippen LogP contribution in [0.25, 0.3) is 0 Å². The van der Waals surface area contributed by atoms with Gasteiger partial charge >= 0.3 is 0 Å². The summed E-state index contributed by atoms with van der Waals surface area (Å²) < 4.78 is 5.92. The minimum atomic E-state index is 0.0143. The summed E-state index contributed by atoms with van der Waals surface area (Å²) in [5, 5.41) is 0. The number of anilines is 1. The second kappa shape index (κ2) is 6.86. The number of ketones is 1. The van der Waals surface area contributed by atoms with Crippen LogP contribution in [0.4, 0.5) is 5.69 Å². The third-order valence-electron chi connectivity index (χ3n) is 3.76. The summed E-state index contributed by atoms with van der Waals surface area (Å²) in [6.07, 6.45) is 0.102. The van der Waals surface area contributed by atoms with Gasteiger partial charge in [0.2, 0.25) is 0 Å². The van der Waals surface area contributed by atoms with Crippen molar-refractivity contribution in [2.75, 3.05) is 5.73 Å². The fraction of sp³-hybridized carbons (Fsp3) is 0.350. The van der Waals surface area contributed by atoms with Gasteiger partial charge in [-0.3, -0.25) is 4.79 Å². The fourth-order valence-electron chi connectivity index (χ4n) is 2.54. The summed E-state index contributed by atoms with van der Waals surface area (Å²) in [7, 11) is 0. The highest BCUT2D eigenvalue weighted by Gasteiger charge is 2.18. The first-order valence-corrected chi connectivity index (χ1v) is 8.01. The Bertz CT molecular complexity index is 700. The van der Waals surface area contributed by atoms with E-state index in [-0.39, 0.29) is 17.8 Å². The molecule has 0 aliphatic heterocycles. The van der Waals surface area contributed by atoms with Crippen molar-refractivity contribution in [2.24, 2.45) is 0 Å². The van der Waals surface area contributed by atoms with Crippen LogP contribution >= 0.6 is 0 Å². The molecule has 0 fully saturated rings. The van der Waals surface area contributed by atoms with Crippen molar-refractivity contribution in [2.45, 2.75) is 46.6 Å². The average Bonchev–Trinajstić information content (AvgIpc) is 2.46. The van der Waals surface area contributed by atoms with Crippen molar-refractivity contribution in [1.82, 2.24) is 0 Å². The van der Waals surface area contributed by atoms with Crippen LogP contribution in [0.5, 0.6) is 5.75 Å². The summed E-state index contributed by atoms with van der Waals surface area (Å²) in [4.78, 5) is 12.8. The topological polar surface area (TPSA) is 52.3 Å². The van der Waals surface area contributed by atoms with Gasteiger partial charge in [0.05, 0.1) is 6.10 Å². The quantitative estimate of drug-likeness (QED) is 0.642. The maximum atomic E-state index is 12.8. The number of carbonyl (C=O) groups excluding carboxylic acids is 1. The van der Waals surface area contributed by atoms with Gasteiger partial charge in [0.25, 0.3) is 0 Å². The van der Waals surface area contributed by atoms with E-state index in [9.17, 15) is 4.79 Å². The zero-order valence-electron chi connectivity index (χ0n) is 14.5. The summed E-state index contributed by atoms with van der Waals surface area (Å²) in [6, 6.07) is 11.0. The Labute approximate surface area is 138 Å². The van der Waals surface area contributed by atoms with E-state index in [0.29, 0.717) is 11.3 Å². The highest BCUT2D eigenvalue weighted by molar-refractivity contribution is 6.10. The number of rotatable bonds is 5. The lowest BCUT2D eigenvalue weighted by atomic mass is 9.92. The molecule has 2 aromatic carbocycles. The Kier molecular flexibility index (Phi) is 5.09. The second-order valence-electron chi connectivity index (χ2n) is 6.48. The molecule has 2 aromatic rings. The first-order chi connectivity index (χ1) is 10.8. The maximum Gasteiger partial charge on any atom is 0.193 e. The number of benzene rings is 2. The molecular formula is C20H25NO2. The molecule has 0 aliphatic carbocycles. The summed E-state index contributed by atoms with van der Waals surface area (Å²) >= 11 is 0. The minimum absolute atomic E-state index is 0.0143. The lowest BCUT2D eigenvalue weighted by molar-refractivity contribution is 0.103. The lowest BCUT2D eigenvalue weighted by Crippen LogP contribution is -2.11. The molecule has 122 valence electrons. The first kappa shape index (κ1) is 17.1. The predicted molar refractivity (Wildman–Crippen MR) is 95.3 cm³/mol. The van der Waals surface area contributed by atoms with E-state index < -0.39 is 0 Å². The van der Waals surface area contributed by atoms with E-state index >= 15 is 0 Å². The zero-order chi connectivity index (χ0) is 17.1. The molecule has 3 nitrogen and oxygen atoms in total. The lowest BCUT2D eigenvalue weighted by Gasteiger charge is -2.19. The van der Waals surface area contributed by atoms with Crippen molar-refractivity contribution >= 4 is 11.5 Å². The molecule has 0 aromatic heterocycles. The molecule has 3 heteroatoms. The fourth-order valence-corrected chi connectivity index (χ4v) is 2.54. The second-order valence-corrected chi connectivity index (χ2v) is 6.48. The highest BCUT2D eigenvalue weighted by atomic mass is 16.5. The molecule has 0 atom stereocenters. The predicted octanol–water partition coefficient (Wildman–Crippen LogP) is 4.72. The average molecular weight is 311 g/mol. The smallest absolute Gasteiger partial charge is 0.193 e. The molecule has 0 unspecified atom stereocenters. The van der Waals surface area contributed by atoms with Gasteiger partial charge in [-0.05, 0) is 74.2 Å². The molecular weight excluding hydrogens is 286 g/mol. The molecule has 0 bridgehead atoms. The van der Waals surface area contributed by atoms with Crippen LogP contribution in [0.2, 0.25) is 0 Å². The standard InChI is InChI=1S/C20H25NO2/c1-12(2)17-11-18(14(5)10-19(17)23-13(3)4)20(22)15-6-8-16(21)9-7-15/h6-13H,21H2,1-5H3. The molecule has 0 spiro atoms. The molecule has 0 heterocycles. The van der Waals surface area contributed by atoms with E-state index in [1.165, 1.54) is 0 Å². The Hall–Kier alpha value is -2.29. The van der Waals surface area contributed by atoms with E-state index in [1.54, 1.807) is 24.3 Å². The van der Waals surface area contributed by atoms with E-state index in [0.717, 1.165) is 22.4 Å². The van der Waals surface area contributed by atoms with Gasteiger partial charge in [0.15, 0.2) is 5.78 Å².